The Kier molecular flexibility index (Phi) is 5.19. The molecule has 0 aliphatic rings. The highest BCUT2D eigenvalue weighted by Gasteiger charge is 2.20. The zero-order chi connectivity index (χ0) is 13.7. The molecule has 0 aliphatic heterocycles. The lowest BCUT2D eigenvalue weighted by molar-refractivity contribution is 0.190. The van der Waals surface area contributed by atoms with Gasteiger partial charge in [0, 0.05) is 16.3 Å². The molecule has 0 bridgehead atoms. The molecule has 0 radical (unpaired) electrons. The third kappa shape index (κ3) is 3.47. The van der Waals surface area contributed by atoms with Crippen molar-refractivity contribution in [3.8, 4) is 0 Å². The molecule has 0 aliphatic carbocycles. The summed E-state index contributed by atoms with van der Waals surface area (Å²) in [4.78, 5) is 5.14. The molecular weight excluding hydrogens is 256 g/mol. The standard InChI is InChI=1S/C15H22N2OS/c1-3-13-7-8-15(19-13)14(10-16)17(4-2)11-12-6-5-9-18-12/h5-9,14H,3-4,10-11,16H2,1-2H3. The molecule has 4 heteroatoms. The van der Waals surface area contributed by atoms with Crippen LogP contribution in [0.1, 0.15) is 35.4 Å². The minimum absolute atomic E-state index is 0.278. The second-order valence-electron chi connectivity index (χ2n) is 4.55. The number of furan rings is 1. The van der Waals surface area contributed by atoms with Gasteiger partial charge in [0.05, 0.1) is 18.8 Å². The van der Waals surface area contributed by atoms with Crippen LogP contribution in [-0.4, -0.2) is 18.0 Å². The van der Waals surface area contributed by atoms with E-state index in [0.717, 1.165) is 25.3 Å². The van der Waals surface area contributed by atoms with Gasteiger partial charge in [-0.3, -0.25) is 4.90 Å². The molecule has 2 heterocycles. The summed E-state index contributed by atoms with van der Waals surface area (Å²) in [6.07, 6.45) is 2.81. The fraction of sp³-hybridized carbons (Fsp3) is 0.467. The lowest BCUT2D eigenvalue weighted by Gasteiger charge is -2.28. The Hall–Kier alpha value is -1.10. The summed E-state index contributed by atoms with van der Waals surface area (Å²) in [5.41, 5.74) is 6.00. The quantitative estimate of drug-likeness (QED) is 0.843. The van der Waals surface area contributed by atoms with Gasteiger partial charge in [0.25, 0.3) is 0 Å². The molecule has 0 fully saturated rings. The average Bonchev–Trinajstić information content (AvgIpc) is 3.09. The van der Waals surface area contributed by atoms with E-state index in [2.05, 4.69) is 30.9 Å². The zero-order valence-corrected chi connectivity index (χ0v) is 12.5. The Balaban J connectivity index is 2.13. The van der Waals surface area contributed by atoms with Gasteiger partial charge in [-0.1, -0.05) is 13.8 Å². The van der Waals surface area contributed by atoms with Crippen molar-refractivity contribution in [3.63, 3.8) is 0 Å². The first-order chi connectivity index (χ1) is 9.28. The Morgan fingerprint density at radius 1 is 1.32 bits per heavy atom. The van der Waals surface area contributed by atoms with Gasteiger partial charge in [0.1, 0.15) is 5.76 Å². The Bertz CT molecular complexity index is 478. The summed E-state index contributed by atoms with van der Waals surface area (Å²) >= 11 is 1.87. The van der Waals surface area contributed by atoms with Gasteiger partial charge in [-0.2, -0.15) is 0 Å². The molecule has 2 rings (SSSR count). The van der Waals surface area contributed by atoms with E-state index in [0.29, 0.717) is 6.54 Å². The largest absolute Gasteiger partial charge is 0.468 e. The predicted octanol–water partition coefficient (Wildman–Crippen LogP) is 3.43. The fourth-order valence-electron chi connectivity index (χ4n) is 2.25. The van der Waals surface area contributed by atoms with E-state index < -0.39 is 0 Å². The van der Waals surface area contributed by atoms with E-state index in [9.17, 15) is 0 Å². The summed E-state index contributed by atoms with van der Waals surface area (Å²) < 4.78 is 5.44. The molecule has 0 saturated carbocycles. The number of aryl methyl sites for hydroxylation is 1. The lowest BCUT2D eigenvalue weighted by atomic mass is 10.2. The van der Waals surface area contributed by atoms with Crippen LogP contribution in [0.5, 0.6) is 0 Å². The van der Waals surface area contributed by atoms with Gasteiger partial charge >= 0.3 is 0 Å². The highest BCUT2D eigenvalue weighted by atomic mass is 32.1. The molecule has 19 heavy (non-hydrogen) atoms. The normalized spacial score (nSPS) is 13.1. The molecule has 2 aromatic heterocycles. The maximum atomic E-state index is 6.00. The smallest absolute Gasteiger partial charge is 0.117 e. The van der Waals surface area contributed by atoms with E-state index in [-0.39, 0.29) is 6.04 Å². The van der Waals surface area contributed by atoms with Crippen molar-refractivity contribution in [1.82, 2.24) is 4.90 Å². The number of nitrogens with two attached hydrogens (primary N) is 1. The van der Waals surface area contributed by atoms with Crippen LogP contribution in [0.3, 0.4) is 0 Å². The summed E-state index contributed by atoms with van der Waals surface area (Å²) in [7, 11) is 0. The number of thiophene rings is 1. The number of nitrogens with zero attached hydrogens (tertiary/aromatic N) is 1. The summed E-state index contributed by atoms with van der Waals surface area (Å²) in [5.74, 6) is 0.993. The number of likely N-dealkylation sites (N-methyl/N-ethyl adjacent to an activating group) is 1. The van der Waals surface area contributed by atoms with E-state index in [1.165, 1.54) is 9.75 Å². The summed E-state index contributed by atoms with van der Waals surface area (Å²) in [5, 5.41) is 0. The molecule has 104 valence electrons. The molecular formula is C15H22N2OS. The van der Waals surface area contributed by atoms with E-state index >= 15 is 0 Å². The molecule has 1 atom stereocenters. The van der Waals surface area contributed by atoms with E-state index in [1.54, 1.807) is 6.26 Å². The highest BCUT2D eigenvalue weighted by molar-refractivity contribution is 7.12. The minimum Gasteiger partial charge on any atom is -0.468 e. The fourth-order valence-corrected chi connectivity index (χ4v) is 3.35. The predicted molar refractivity (Wildman–Crippen MR) is 80.3 cm³/mol. The van der Waals surface area contributed by atoms with Gasteiger partial charge in [-0.15, -0.1) is 11.3 Å². The number of rotatable bonds is 7. The molecule has 2 N–H and O–H groups in total. The summed E-state index contributed by atoms with van der Waals surface area (Å²) in [6, 6.07) is 8.65. The van der Waals surface area contributed by atoms with Crippen LogP contribution >= 0.6 is 11.3 Å². The Morgan fingerprint density at radius 3 is 2.68 bits per heavy atom. The van der Waals surface area contributed by atoms with Crippen molar-refractivity contribution in [3.05, 3.63) is 46.0 Å². The van der Waals surface area contributed by atoms with Gasteiger partial charge in [0.15, 0.2) is 0 Å². The van der Waals surface area contributed by atoms with Gasteiger partial charge < -0.3 is 10.2 Å². The van der Waals surface area contributed by atoms with Crippen LogP contribution in [0.2, 0.25) is 0 Å². The highest BCUT2D eigenvalue weighted by Crippen LogP contribution is 2.28. The lowest BCUT2D eigenvalue weighted by Crippen LogP contribution is -2.32. The number of hydrogen-bond donors (Lipinski definition) is 1. The van der Waals surface area contributed by atoms with Gasteiger partial charge in [-0.05, 0) is 37.2 Å². The molecule has 1 unspecified atom stereocenters. The third-order valence-electron chi connectivity index (χ3n) is 3.37. The Morgan fingerprint density at radius 2 is 2.16 bits per heavy atom. The van der Waals surface area contributed by atoms with Crippen molar-refractivity contribution in [2.75, 3.05) is 13.1 Å². The topological polar surface area (TPSA) is 42.4 Å². The monoisotopic (exact) mass is 278 g/mol. The van der Waals surface area contributed by atoms with Crippen LogP contribution in [0, 0.1) is 0 Å². The molecule has 0 saturated heterocycles. The molecule has 0 aromatic carbocycles. The van der Waals surface area contributed by atoms with Crippen LogP contribution in [0.15, 0.2) is 34.9 Å². The van der Waals surface area contributed by atoms with Crippen molar-refractivity contribution < 1.29 is 4.42 Å². The number of hydrogen-bond acceptors (Lipinski definition) is 4. The van der Waals surface area contributed by atoms with Gasteiger partial charge in [-0.25, -0.2) is 0 Å². The maximum absolute atomic E-state index is 6.00. The van der Waals surface area contributed by atoms with Crippen molar-refractivity contribution in [2.24, 2.45) is 5.73 Å². The van der Waals surface area contributed by atoms with Crippen LogP contribution in [-0.2, 0) is 13.0 Å². The van der Waals surface area contributed by atoms with Gasteiger partial charge in [0.2, 0.25) is 0 Å². The second kappa shape index (κ2) is 6.89. The third-order valence-corrected chi connectivity index (χ3v) is 4.70. The maximum Gasteiger partial charge on any atom is 0.117 e. The minimum atomic E-state index is 0.278. The molecule has 0 spiro atoms. The SMILES string of the molecule is CCc1ccc(C(CN)N(CC)Cc2ccco2)s1. The average molecular weight is 278 g/mol. The first-order valence-electron chi connectivity index (χ1n) is 6.83. The Labute approximate surface area is 119 Å². The first-order valence-corrected chi connectivity index (χ1v) is 7.65. The second-order valence-corrected chi connectivity index (χ2v) is 5.75. The van der Waals surface area contributed by atoms with Crippen LogP contribution in [0.4, 0.5) is 0 Å². The van der Waals surface area contributed by atoms with Crippen LogP contribution < -0.4 is 5.73 Å². The molecule has 3 nitrogen and oxygen atoms in total. The summed E-state index contributed by atoms with van der Waals surface area (Å²) in [6.45, 7) is 6.76. The molecule has 0 amide bonds. The van der Waals surface area contributed by atoms with Crippen LogP contribution in [0.25, 0.3) is 0 Å². The van der Waals surface area contributed by atoms with E-state index in [1.807, 2.05) is 23.5 Å². The van der Waals surface area contributed by atoms with E-state index in [4.69, 9.17) is 10.2 Å². The van der Waals surface area contributed by atoms with Crippen molar-refractivity contribution in [1.29, 1.82) is 0 Å². The van der Waals surface area contributed by atoms with Crippen molar-refractivity contribution in [2.45, 2.75) is 32.9 Å². The zero-order valence-electron chi connectivity index (χ0n) is 11.6. The molecule has 2 aromatic rings. The van der Waals surface area contributed by atoms with Crippen molar-refractivity contribution >= 4 is 11.3 Å². The first kappa shape index (κ1) is 14.3.